The molecule has 3 aliphatic rings. The lowest BCUT2D eigenvalue weighted by atomic mass is 9.57. The summed E-state index contributed by atoms with van der Waals surface area (Å²) in [6, 6.07) is 72.8. The van der Waals surface area contributed by atoms with Crippen LogP contribution in [0.15, 0.2) is 199 Å². The van der Waals surface area contributed by atoms with E-state index in [1.165, 1.54) is 93.9 Å². The highest BCUT2D eigenvalue weighted by Crippen LogP contribution is 2.58. The molecule has 1 aliphatic carbocycles. The maximum Gasteiger partial charge on any atom is 0.200 e. The Bertz CT molecular complexity index is 4020. The first-order chi connectivity index (χ1) is 35.8. The van der Waals surface area contributed by atoms with Crippen molar-refractivity contribution in [2.45, 2.75) is 83.0 Å². The van der Waals surface area contributed by atoms with Crippen molar-refractivity contribution in [1.29, 1.82) is 0 Å². The van der Waals surface area contributed by atoms with E-state index in [-0.39, 0.29) is 16.2 Å². The minimum absolute atomic E-state index is 0.0505. The number of hydrogen-bond acceptors (Lipinski definition) is 4. The van der Waals surface area contributed by atoms with Crippen molar-refractivity contribution < 1.29 is 4.42 Å². The molecule has 2 aliphatic heterocycles. The van der Waals surface area contributed by atoms with E-state index in [0.29, 0.717) is 0 Å². The molecule has 11 aromatic rings. The minimum atomic E-state index is -0.626. The Labute approximate surface area is 439 Å². The maximum atomic E-state index is 7.31. The zero-order valence-corrected chi connectivity index (χ0v) is 44.2. The molecule has 1 N–H and O–H groups in total. The summed E-state index contributed by atoms with van der Waals surface area (Å²) in [6.07, 6.45) is 2.34. The zero-order chi connectivity index (χ0) is 50.3. The lowest BCUT2D eigenvalue weighted by molar-refractivity contribution is 0.332. The predicted octanol–water partition coefficient (Wildman–Crippen LogP) is 17.4. The van der Waals surface area contributed by atoms with Gasteiger partial charge in [-0.2, -0.15) is 0 Å². The third-order valence-electron chi connectivity index (χ3n) is 17.2. The van der Waals surface area contributed by atoms with Gasteiger partial charge < -0.3 is 14.6 Å². The van der Waals surface area contributed by atoms with E-state index >= 15 is 0 Å². The molecular weight excluding hydrogens is 916 g/mol. The normalized spacial score (nSPS) is 15.9. The van der Waals surface area contributed by atoms with Crippen LogP contribution in [0.3, 0.4) is 0 Å². The fourth-order valence-corrected chi connectivity index (χ4v) is 14.5. The van der Waals surface area contributed by atoms with Crippen molar-refractivity contribution in [3.05, 3.63) is 233 Å². The Morgan fingerprint density at radius 3 is 1.89 bits per heavy atom. The van der Waals surface area contributed by atoms with Gasteiger partial charge in [-0.1, -0.05) is 200 Å². The Morgan fingerprint density at radius 1 is 0.541 bits per heavy atom. The van der Waals surface area contributed by atoms with Crippen molar-refractivity contribution >= 4 is 89.3 Å². The van der Waals surface area contributed by atoms with E-state index in [1.807, 2.05) is 11.3 Å². The lowest BCUT2D eigenvalue weighted by Gasteiger charge is -2.43. The fraction of sp³-hybridized carbons (Fsp3) is 0.188. The van der Waals surface area contributed by atoms with Crippen molar-refractivity contribution in [2.24, 2.45) is 0 Å². The molecule has 3 nitrogen and oxygen atoms in total. The average molecular weight is 975 g/mol. The SMILES string of the molecule is CC(C)(C)c1ccc(N2c3cc4c(oc5ccccc54)c(-c4cccc5c4Nc4ccccc4C5(c4ccccc4)c4ccccc4)c3Bc3c2sc2cc4c(cc32)C(C)(C)CCC4(C)C)c(-c2ccccc2)c1. The summed E-state index contributed by atoms with van der Waals surface area (Å²) in [5.41, 5.74) is 22.4. The highest BCUT2D eigenvalue weighted by molar-refractivity contribution is 7.25. The van der Waals surface area contributed by atoms with Crippen molar-refractivity contribution in [2.75, 3.05) is 10.2 Å². The Morgan fingerprint density at radius 2 is 1.18 bits per heavy atom. The maximum absolute atomic E-state index is 7.31. The summed E-state index contributed by atoms with van der Waals surface area (Å²) in [7, 11) is 0.746. The molecule has 0 fully saturated rings. The molecule has 0 atom stereocenters. The molecule has 2 aromatic heterocycles. The topological polar surface area (TPSA) is 28.4 Å². The van der Waals surface area contributed by atoms with Crippen LogP contribution in [0.4, 0.5) is 27.8 Å². The number of para-hydroxylation sites is 3. The van der Waals surface area contributed by atoms with Gasteiger partial charge in [-0.15, -0.1) is 11.3 Å². The quantitative estimate of drug-likeness (QED) is 0.174. The lowest BCUT2D eigenvalue weighted by Crippen LogP contribution is -2.40. The highest BCUT2D eigenvalue weighted by Gasteiger charge is 2.46. The number of hydrogen-bond donors (Lipinski definition) is 1. The van der Waals surface area contributed by atoms with Crippen LogP contribution in [0.5, 0.6) is 0 Å². The van der Waals surface area contributed by atoms with E-state index in [9.17, 15) is 0 Å². The van der Waals surface area contributed by atoms with Crippen LogP contribution in [-0.4, -0.2) is 7.28 Å². The Balaban J connectivity index is 1.13. The monoisotopic (exact) mass is 974 g/mol. The zero-order valence-electron chi connectivity index (χ0n) is 43.4. The van der Waals surface area contributed by atoms with Gasteiger partial charge in [-0.25, -0.2) is 0 Å². The number of benzene rings is 9. The van der Waals surface area contributed by atoms with Crippen LogP contribution in [0.2, 0.25) is 0 Å². The van der Waals surface area contributed by atoms with Crippen LogP contribution in [0, 0.1) is 0 Å². The first-order valence-corrected chi connectivity index (χ1v) is 27.3. The molecule has 0 saturated heterocycles. The summed E-state index contributed by atoms with van der Waals surface area (Å²) < 4.78 is 8.66. The third-order valence-corrected chi connectivity index (χ3v) is 18.4. The summed E-state index contributed by atoms with van der Waals surface area (Å²) in [6.45, 7) is 16.8. The van der Waals surface area contributed by atoms with Gasteiger partial charge in [0.25, 0.3) is 0 Å². The molecule has 0 spiro atoms. The van der Waals surface area contributed by atoms with Crippen LogP contribution in [0.1, 0.15) is 100 Å². The number of fused-ring (bicyclic) bond motifs is 10. The summed E-state index contributed by atoms with van der Waals surface area (Å²) in [5.74, 6) is 0. The predicted molar refractivity (Wildman–Crippen MR) is 317 cm³/mol. The number of nitrogens with zero attached hydrogens (tertiary/aromatic N) is 1. The molecule has 74 heavy (non-hydrogen) atoms. The van der Waals surface area contributed by atoms with Crippen LogP contribution < -0.4 is 21.1 Å². The van der Waals surface area contributed by atoms with E-state index < -0.39 is 5.41 Å². The summed E-state index contributed by atoms with van der Waals surface area (Å²) in [5, 5.41) is 9.02. The van der Waals surface area contributed by atoms with Gasteiger partial charge in [-0.05, 0) is 132 Å². The molecule has 0 radical (unpaired) electrons. The van der Waals surface area contributed by atoms with Gasteiger partial charge >= 0.3 is 0 Å². The second-order valence-corrected chi connectivity index (χ2v) is 24.5. The van der Waals surface area contributed by atoms with Crippen LogP contribution in [0.25, 0.3) is 54.3 Å². The van der Waals surface area contributed by atoms with Gasteiger partial charge in [-0.3, -0.25) is 0 Å². The van der Waals surface area contributed by atoms with E-state index in [1.54, 1.807) is 0 Å². The molecule has 9 aromatic carbocycles. The second kappa shape index (κ2) is 16.2. The average Bonchev–Trinajstić information content (AvgIpc) is 4.00. The van der Waals surface area contributed by atoms with Crippen molar-refractivity contribution in [1.82, 2.24) is 0 Å². The molecule has 0 saturated carbocycles. The van der Waals surface area contributed by atoms with E-state index in [4.69, 9.17) is 4.42 Å². The highest BCUT2D eigenvalue weighted by atomic mass is 32.1. The number of nitrogens with one attached hydrogen (secondary N) is 1. The third kappa shape index (κ3) is 6.58. The van der Waals surface area contributed by atoms with Crippen molar-refractivity contribution in [3.8, 4) is 22.3 Å². The molecule has 360 valence electrons. The molecule has 0 amide bonds. The Kier molecular flexibility index (Phi) is 9.86. The Hall–Kier alpha value is -7.60. The first kappa shape index (κ1) is 45.1. The van der Waals surface area contributed by atoms with Crippen LogP contribution >= 0.6 is 11.3 Å². The van der Waals surface area contributed by atoms with Gasteiger partial charge in [0, 0.05) is 43.5 Å². The van der Waals surface area contributed by atoms with Crippen molar-refractivity contribution in [3.63, 3.8) is 0 Å². The molecule has 5 heteroatoms. The smallest absolute Gasteiger partial charge is 0.200 e. The molecule has 4 heterocycles. The molecular formula is C69H59BN2OS. The van der Waals surface area contributed by atoms with Gasteiger partial charge in [0.2, 0.25) is 7.28 Å². The second-order valence-electron chi connectivity index (χ2n) is 23.5. The standard InChI is InChI=1S/C69H59BN2OS/c1-66(2,3)45-34-35-56(48(38-45)42-22-11-8-12-23-42)72-57-40-49-46-28-17-20-33-58(46)73-64(49)60(62(57)70-61-50-39-53-54(41-59(50)74-65(61)72)68(6,7)37-36-67(53,4)5)47-29-21-31-52-63(47)71-55-32-19-18-30-51(55)69(52,43-24-13-9-14-25-43)44-26-15-10-16-27-44/h8-35,38-41,70-71H,36-37H2,1-7H3. The fourth-order valence-electron chi connectivity index (χ4n) is 13.2. The summed E-state index contributed by atoms with van der Waals surface area (Å²) >= 11 is 1.97. The first-order valence-electron chi connectivity index (χ1n) is 26.5. The molecule has 0 bridgehead atoms. The molecule has 14 rings (SSSR count). The number of furan rings is 1. The van der Waals surface area contributed by atoms with Gasteiger partial charge in [0.1, 0.15) is 11.2 Å². The minimum Gasteiger partial charge on any atom is -0.455 e. The van der Waals surface area contributed by atoms with Gasteiger partial charge in [0.05, 0.1) is 21.8 Å². The number of thiophene rings is 1. The summed E-state index contributed by atoms with van der Waals surface area (Å²) in [4.78, 5) is 2.66. The largest absolute Gasteiger partial charge is 0.455 e. The van der Waals surface area contributed by atoms with Gasteiger partial charge in [0.15, 0.2) is 0 Å². The van der Waals surface area contributed by atoms with Crippen LogP contribution in [-0.2, 0) is 21.7 Å². The molecule has 0 unspecified atom stereocenters. The number of anilines is 5. The number of rotatable bonds is 5. The van der Waals surface area contributed by atoms with E-state index in [2.05, 4.69) is 253 Å². The van der Waals surface area contributed by atoms with E-state index in [0.717, 1.165) is 58.1 Å².